The van der Waals surface area contributed by atoms with E-state index >= 15 is 0 Å². The Morgan fingerprint density at radius 2 is 1.70 bits per heavy atom. The second-order valence-corrected chi connectivity index (χ2v) is 8.33. The van der Waals surface area contributed by atoms with Gasteiger partial charge < -0.3 is 28.2 Å². The van der Waals surface area contributed by atoms with Crippen molar-refractivity contribution in [2.75, 3.05) is 34.7 Å². The maximum atomic E-state index is 12.0. The number of carbonyl (C=O) groups is 1. The van der Waals surface area contributed by atoms with Crippen LogP contribution in [0, 0.1) is 0 Å². The third kappa shape index (κ3) is 6.14. The number of carbonyl (C=O) groups excluding carboxylic acids is 1. The van der Waals surface area contributed by atoms with E-state index < -0.39 is 30.6 Å². The number of ether oxygens (including phenoxy) is 1. The lowest BCUT2D eigenvalue weighted by Crippen LogP contribution is -2.42. The van der Waals surface area contributed by atoms with Crippen LogP contribution in [0.4, 0.5) is 0 Å². The van der Waals surface area contributed by atoms with Gasteiger partial charge in [0, 0.05) is 28.4 Å². The molecule has 0 aromatic heterocycles. The summed E-state index contributed by atoms with van der Waals surface area (Å²) in [7, 11) is 3.06. The number of benzene rings is 1. The highest BCUT2D eigenvalue weighted by molar-refractivity contribution is 6.61. The first-order chi connectivity index (χ1) is 11.1. The van der Waals surface area contributed by atoms with Crippen LogP contribution in [0.5, 0.6) is 0 Å². The van der Waals surface area contributed by atoms with Crippen LogP contribution >= 0.6 is 0 Å². The maximum absolute atomic E-state index is 12.0. The zero-order chi connectivity index (χ0) is 17.2. The molecule has 1 unspecified atom stereocenters. The third-order valence-electron chi connectivity index (χ3n) is 3.14. The number of rotatable bonds is 10. The van der Waals surface area contributed by atoms with Gasteiger partial charge in [-0.05, 0) is 17.2 Å². The van der Waals surface area contributed by atoms with E-state index in [-0.39, 0.29) is 6.23 Å². The van der Waals surface area contributed by atoms with Gasteiger partial charge in [-0.3, -0.25) is 4.79 Å². The minimum Gasteiger partial charge on any atom is -0.463 e. The van der Waals surface area contributed by atoms with Gasteiger partial charge in [0.05, 0.1) is 0 Å². The van der Waals surface area contributed by atoms with Crippen molar-refractivity contribution >= 4 is 29.7 Å². The first-order valence-electron chi connectivity index (χ1n) is 6.96. The Kier molecular flexibility index (Phi) is 9.25. The average molecular weight is 358 g/mol. The van der Waals surface area contributed by atoms with E-state index in [1.54, 1.807) is 14.2 Å². The van der Waals surface area contributed by atoms with Crippen LogP contribution in [0.1, 0.15) is 5.56 Å². The fourth-order valence-electron chi connectivity index (χ4n) is 1.96. The van der Waals surface area contributed by atoms with E-state index in [0.717, 1.165) is 10.8 Å². The molecular formula is C14H23NO6Si2. The van der Waals surface area contributed by atoms with Gasteiger partial charge in [-0.1, -0.05) is 24.3 Å². The zero-order valence-electron chi connectivity index (χ0n) is 13.8. The quantitative estimate of drug-likeness (QED) is 0.442. The highest BCUT2D eigenvalue weighted by Gasteiger charge is 2.24. The molecule has 0 aliphatic heterocycles. The Labute approximate surface area is 140 Å². The molecule has 0 heterocycles. The van der Waals surface area contributed by atoms with Crippen molar-refractivity contribution in [2.24, 2.45) is 5.73 Å². The Morgan fingerprint density at radius 1 is 1.09 bits per heavy atom. The van der Waals surface area contributed by atoms with Crippen LogP contribution < -0.4 is 10.9 Å². The molecule has 1 rings (SSSR count). The summed E-state index contributed by atoms with van der Waals surface area (Å²) in [6.07, 6.45) is 0.439. The number of nitrogens with two attached hydrogens (primary N) is 1. The highest BCUT2D eigenvalue weighted by atomic mass is 28.3. The molecule has 0 bridgehead atoms. The van der Waals surface area contributed by atoms with Crippen LogP contribution in [-0.2, 0) is 33.7 Å². The molecule has 0 spiro atoms. The lowest BCUT2D eigenvalue weighted by Gasteiger charge is -2.17. The predicted octanol–water partition coefficient (Wildman–Crippen LogP) is -0.592. The van der Waals surface area contributed by atoms with E-state index in [2.05, 4.69) is 0 Å². The molecule has 0 amide bonds. The topological polar surface area (TPSA) is 89.2 Å². The van der Waals surface area contributed by atoms with Crippen molar-refractivity contribution in [3.63, 3.8) is 0 Å². The van der Waals surface area contributed by atoms with Gasteiger partial charge >= 0.3 is 24.5 Å². The summed E-state index contributed by atoms with van der Waals surface area (Å²) in [4.78, 5) is 12.0. The van der Waals surface area contributed by atoms with Crippen LogP contribution in [-0.4, -0.2) is 65.2 Å². The molecule has 23 heavy (non-hydrogen) atoms. The monoisotopic (exact) mass is 357 g/mol. The van der Waals surface area contributed by atoms with Crippen LogP contribution in [0.3, 0.4) is 0 Å². The Morgan fingerprint density at radius 3 is 2.26 bits per heavy atom. The number of esters is 1. The molecular weight excluding hydrogens is 334 g/mol. The largest absolute Gasteiger partial charge is 0.463 e. The van der Waals surface area contributed by atoms with Gasteiger partial charge in [-0.15, -0.1) is 0 Å². The molecule has 2 radical (unpaired) electrons. The zero-order valence-corrected chi connectivity index (χ0v) is 15.8. The summed E-state index contributed by atoms with van der Waals surface area (Å²) in [5.41, 5.74) is 6.87. The third-order valence-corrected chi connectivity index (χ3v) is 6.10. The number of hydrogen-bond acceptors (Lipinski definition) is 7. The lowest BCUT2D eigenvalue weighted by molar-refractivity contribution is -0.143. The summed E-state index contributed by atoms with van der Waals surface area (Å²) in [6, 6.07) is 6.84. The first-order valence-corrected chi connectivity index (χ1v) is 9.80. The molecule has 1 atom stereocenters. The summed E-state index contributed by atoms with van der Waals surface area (Å²) < 4.78 is 26.0. The molecule has 0 aliphatic carbocycles. The van der Waals surface area contributed by atoms with Gasteiger partial charge in [0.1, 0.15) is 12.3 Å². The molecule has 0 saturated carbocycles. The SMILES string of the molecule is CO[Si](COC(=O)C(N)Cc1ccccc1[Si](OC)OC)OC. The highest BCUT2D eigenvalue weighted by Crippen LogP contribution is 2.04. The van der Waals surface area contributed by atoms with Gasteiger partial charge in [0.2, 0.25) is 0 Å². The van der Waals surface area contributed by atoms with Gasteiger partial charge in [-0.25, -0.2) is 0 Å². The Hall–Kier alpha value is -1.08. The van der Waals surface area contributed by atoms with Crippen molar-refractivity contribution < 1.29 is 27.2 Å². The van der Waals surface area contributed by atoms with E-state index in [4.69, 9.17) is 28.2 Å². The van der Waals surface area contributed by atoms with Gasteiger partial charge in [-0.2, -0.15) is 0 Å². The predicted molar refractivity (Wildman–Crippen MR) is 88.3 cm³/mol. The normalized spacial score (nSPS) is 12.7. The van der Waals surface area contributed by atoms with E-state index in [9.17, 15) is 4.79 Å². The van der Waals surface area contributed by atoms with Crippen LogP contribution in [0.25, 0.3) is 0 Å². The van der Waals surface area contributed by atoms with Crippen molar-refractivity contribution in [1.29, 1.82) is 0 Å². The standard InChI is InChI=1S/C14H23NO6Si2/c1-17-22(18-2)10-21-14(16)12(15)9-11-7-5-6-8-13(11)23(19-3)20-4/h5-8,12H,9-10,15H2,1-4H3. The Balaban J connectivity index is 2.70. The second kappa shape index (κ2) is 10.7. The summed E-state index contributed by atoms with van der Waals surface area (Å²) in [5.74, 6) is -0.486. The molecule has 0 saturated heterocycles. The first kappa shape index (κ1) is 20.0. The molecule has 1 aromatic rings. The van der Waals surface area contributed by atoms with Gasteiger partial charge in [0.25, 0.3) is 0 Å². The number of hydrogen-bond donors (Lipinski definition) is 1. The average Bonchev–Trinajstić information content (AvgIpc) is 2.58. The summed E-state index contributed by atoms with van der Waals surface area (Å²) in [5, 5.41) is 0.935. The minimum atomic E-state index is -1.59. The van der Waals surface area contributed by atoms with Crippen LogP contribution in [0.2, 0.25) is 0 Å². The molecule has 2 N–H and O–H groups in total. The van der Waals surface area contributed by atoms with Crippen molar-refractivity contribution in [3.05, 3.63) is 29.8 Å². The van der Waals surface area contributed by atoms with Gasteiger partial charge in [0.15, 0.2) is 0 Å². The fourth-order valence-corrected chi connectivity index (χ4v) is 3.91. The van der Waals surface area contributed by atoms with Crippen molar-refractivity contribution in [3.8, 4) is 0 Å². The van der Waals surface area contributed by atoms with Crippen LogP contribution in [0.15, 0.2) is 24.3 Å². The molecule has 1 aromatic carbocycles. The van der Waals surface area contributed by atoms with E-state index in [1.807, 2.05) is 24.3 Å². The maximum Gasteiger partial charge on any atom is 0.425 e. The molecule has 9 heteroatoms. The van der Waals surface area contributed by atoms with Crippen molar-refractivity contribution in [1.82, 2.24) is 0 Å². The Bertz CT molecular complexity index is 482. The van der Waals surface area contributed by atoms with Crippen molar-refractivity contribution in [2.45, 2.75) is 12.5 Å². The smallest absolute Gasteiger partial charge is 0.425 e. The van der Waals surface area contributed by atoms with E-state index in [0.29, 0.717) is 6.42 Å². The molecule has 128 valence electrons. The summed E-state index contributed by atoms with van der Waals surface area (Å²) >= 11 is 0. The van der Waals surface area contributed by atoms with E-state index in [1.165, 1.54) is 14.2 Å². The molecule has 7 nitrogen and oxygen atoms in total. The lowest BCUT2D eigenvalue weighted by atomic mass is 10.1. The summed E-state index contributed by atoms with van der Waals surface area (Å²) in [6.45, 7) is 0. The fraction of sp³-hybridized carbons (Fsp3) is 0.500. The molecule has 0 aliphatic rings. The second-order valence-electron chi connectivity index (χ2n) is 4.55. The molecule has 0 fully saturated rings. The minimum absolute atomic E-state index is 0.0943.